The molecule has 2 aromatic carbocycles. The Morgan fingerprint density at radius 2 is 1.68 bits per heavy atom. The van der Waals surface area contributed by atoms with Crippen molar-refractivity contribution < 1.29 is 14.3 Å². The number of halogens is 2. The summed E-state index contributed by atoms with van der Waals surface area (Å²) in [6, 6.07) is 9.61. The number of benzene rings is 2. The summed E-state index contributed by atoms with van der Waals surface area (Å²) >= 11 is 12.0. The second-order valence-corrected chi connectivity index (χ2v) is 5.38. The molecule has 114 valence electrons. The van der Waals surface area contributed by atoms with Gasteiger partial charge in [-0.25, -0.2) is 0 Å². The van der Waals surface area contributed by atoms with Crippen LogP contribution in [-0.4, -0.2) is 18.8 Å². The minimum absolute atomic E-state index is 0.0772. The summed E-state index contributed by atoms with van der Waals surface area (Å²) in [7, 11) is 1.44. The number of Topliss-reactive ketones (excluding diaryl/α,β-unsaturated/α-hetero) is 1. The fraction of sp³-hybridized carbons (Fsp3) is 0.125. The number of hydrogen-bond acceptors (Lipinski definition) is 3. The number of amides is 1. The smallest absolute Gasteiger partial charge is 0.255 e. The summed E-state index contributed by atoms with van der Waals surface area (Å²) in [5.41, 5.74) is 1.33. The lowest BCUT2D eigenvalue weighted by Crippen LogP contribution is -2.12. The second kappa shape index (κ2) is 6.81. The van der Waals surface area contributed by atoms with Crippen LogP contribution in [0.5, 0.6) is 5.75 Å². The first-order chi connectivity index (χ1) is 10.4. The van der Waals surface area contributed by atoms with E-state index in [1.807, 2.05) is 0 Å². The van der Waals surface area contributed by atoms with Crippen molar-refractivity contribution in [3.63, 3.8) is 0 Å². The van der Waals surface area contributed by atoms with Gasteiger partial charge in [0.25, 0.3) is 5.91 Å². The Labute approximate surface area is 138 Å². The van der Waals surface area contributed by atoms with Crippen LogP contribution in [-0.2, 0) is 0 Å². The highest BCUT2D eigenvalue weighted by atomic mass is 35.5. The molecule has 2 aromatic rings. The van der Waals surface area contributed by atoms with E-state index in [1.165, 1.54) is 26.2 Å². The maximum Gasteiger partial charge on any atom is 0.255 e. The molecule has 0 aliphatic heterocycles. The van der Waals surface area contributed by atoms with Gasteiger partial charge < -0.3 is 10.1 Å². The van der Waals surface area contributed by atoms with Crippen molar-refractivity contribution in [2.45, 2.75) is 6.92 Å². The van der Waals surface area contributed by atoms with E-state index in [-0.39, 0.29) is 21.7 Å². The highest BCUT2D eigenvalue weighted by Crippen LogP contribution is 2.34. The largest absolute Gasteiger partial charge is 0.494 e. The Balaban J connectivity index is 2.26. The second-order valence-electron chi connectivity index (χ2n) is 4.56. The molecule has 0 bridgehead atoms. The van der Waals surface area contributed by atoms with Gasteiger partial charge in [0, 0.05) is 16.8 Å². The molecule has 6 heteroatoms. The highest BCUT2D eigenvalue weighted by Gasteiger charge is 2.14. The number of anilines is 1. The zero-order valence-electron chi connectivity index (χ0n) is 11.9. The normalized spacial score (nSPS) is 10.2. The van der Waals surface area contributed by atoms with E-state index in [4.69, 9.17) is 27.9 Å². The topological polar surface area (TPSA) is 55.4 Å². The van der Waals surface area contributed by atoms with Crippen LogP contribution in [0.3, 0.4) is 0 Å². The molecule has 22 heavy (non-hydrogen) atoms. The van der Waals surface area contributed by atoms with E-state index in [2.05, 4.69) is 5.32 Å². The van der Waals surface area contributed by atoms with E-state index in [0.717, 1.165) is 0 Å². The molecular weight excluding hydrogens is 325 g/mol. The molecule has 0 radical (unpaired) electrons. The molecule has 0 fully saturated rings. The highest BCUT2D eigenvalue weighted by molar-refractivity contribution is 6.37. The van der Waals surface area contributed by atoms with Gasteiger partial charge in [0.2, 0.25) is 0 Å². The Hall–Kier alpha value is -2.04. The number of methoxy groups -OCH3 is 1. The fourth-order valence-corrected chi connectivity index (χ4v) is 2.55. The average molecular weight is 338 g/mol. The van der Waals surface area contributed by atoms with Gasteiger partial charge in [0.15, 0.2) is 11.5 Å². The standard InChI is InChI=1S/C16H13Cl2NO3/c1-9(20)10-4-3-5-12(6-10)19-16(21)11-7-13(17)15(22-2)14(18)8-11/h3-8H,1-2H3,(H,19,21). The van der Waals surface area contributed by atoms with Crippen molar-refractivity contribution in [2.24, 2.45) is 0 Å². The minimum atomic E-state index is -0.382. The number of rotatable bonds is 4. The van der Waals surface area contributed by atoms with Crippen molar-refractivity contribution >= 4 is 40.6 Å². The average Bonchev–Trinajstić information content (AvgIpc) is 2.47. The van der Waals surface area contributed by atoms with Crippen molar-refractivity contribution in [1.82, 2.24) is 0 Å². The first kappa shape index (κ1) is 16.3. The van der Waals surface area contributed by atoms with Crippen LogP contribution in [0.25, 0.3) is 0 Å². The summed E-state index contributed by atoms with van der Waals surface area (Å²) < 4.78 is 5.04. The monoisotopic (exact) mass is 337 g/mol. The fourth-order valence-electron chi connectivity index (χ4n) is 1.91. The van der Waals surface area contributed by atoms with Crippen molar-refractivity contribution in [3.05, 3.63) is 57.6 Å². The van der Waals surface area contributed by atoms with Gasteiger partial charge in [-0.1, -0.05) is 35.3 Å². The Kier molecular flexibility index (Phi) is 5.06. The van der Waals surface area contributed by atoms with Gasteiger partial charge in [0.1, 0.15) is 0 Å². The van der Waals surface area contributed by atoms with E-state index in [9.17, 15) is 9.59 Å². The van der Waals surface area contributed by atoms with Crippen LogP contribution in [0.2, 0.25) is 10.0 Å². The molecule has 0 atom stereocenters. The van der Waals surface area contributed by atoms with E-state index in [0.29, 0.717) is 22.6 Å². The van der Waals surface area contributed by atoms with Gasteiger partial charge in [-0.05, 0) is 31.2 Å². The molecule has 0 saturated carbocycles. The lowest BCUT2D eigenvalue weighted by Gasteiger charge is -2.10. The SMILES string of the molecule is COc1c(Cl)cc(C(=O)Nc2cccc(C(C)=O)c2)cc1Cl. The Morgan fingerprint density at radius 1 is 1.05 bits per heavy atom. The zero-order valence-corrected chi connectivity index (χ0v) is 13.5. The van der Waals surface area contributed by atoms with E-state index >= 15 is 0 Å². The first-order valence-electron chi connectivity index (χ1n) is 6.37. The quantitative estimate of drug-likeness (QED) is 0.838. The van der Waals surface area contributed by atoms with Crippen LogP contribution >= 0.6 is 23.2 Å². The van der Waals surface area contributed by atoms with Crippen molar-refractivity contribution in [2.75, 3.05) is 12.4 Å². The molecule has 2 rings (SSSR count). The molecule has 0 aliphatic rings. The summed E-state index contributed by atoms with van der Waals surface area (Å²) in [5, 5.41) is 3.19. The van der Waals surface area contributed by atoms with Gasteiger partial charge in [-0.2, -0.15) is 0 Å². The summed E-state index contributed by atoms with van der Waals surface area (Å²) in [5.74, 6) is -0.141. The zero-order chi connectivity index (χ0) is 16.3. The minimum Gasteiger partial charge on any atom is -0.494 e. The van der Waals surface area contributed by atoms with Gasteiger partial charge >= 0.3 is 0 Å². The third-order valence-corrected chi connectivity index (χ3v) is 3.55. The van der Waals surface area contributed by atoms with Gasteiger partial charge in [-0.15, -0.1) is 0 Å². The number of hydrogen-bond donors (Lipinski definition) is 1. The summed E-state index contributed by atoms with van der Waals surface area (Å²) in [6.45, 7) is 1.46. The molecule has 1 amide bonds. The number of ketones is 1. The predicted octanol–water partition coefficient (Wildman–Crippen LogP) is 4.46. The van der Waals surface area contributed by atoms with Gasteiger partial charge in [0.05, 0.1) is 17.2 Å². The molecule has 0 saturated heterocycles. The van der Waals surface area contributed by atoms with Gasteiger partial charge in [-0.3, -0.25) is 9.59 Å². The molecule has 0 unspecified atom stereocenters. The Morgan fingerprint density at radius 3 is 2.23 bits per heavy atom. The number of nitrogens with one attached hydrogen (secondary N) is 1. The van der Waals surface area contributed by atoms with Crippen LogP contribution < -0.4 is 10.1 Å². The first-order valence-corrected chi connectivity index (χ1v) is 7.13. The van der Waals surface area contributed by atoms with E-state index in [1.54, 1.807) is 24.3 Å². The van der Waals surface area contributed by atoms with Crippen LogP contribution in [0.4, 0.5) is 5.69 Å². The lowest BCUT2D eigenvalue weighted by atomic mass is 10.1. The molecule has 1 N–H and O–H groups in total. The number of carbonyl (C=O) groups excluding carboxylic acids is 2. The number of carbonyl (C=O) groups is 2. The molecule has 0 aliphatic carbocycles. The predicted molar refractivity (Wildman–Crippen MR) is 87.4 cm³/mol. The number of ether oxygens (including phenoxy) is 1. The molecular formula is C16H13Cl2NO3. The molecule has 0 spiro atoms. The lowest BCUT2D eigenvalue weighted by molar-refractivity contribution is 0.101. The van der Waals surface area contributed by atoms with Crippen molar-refractivity contribution in [3.8, 4) is 5.75 Å². The van der Waals surface area contributed by atoms with Crippen LogP contribution in [0, 0.1) is 0 Å². The molecule has 4 nitrogen and oxygen atoms in total. The van der Waals surface area contributed by atoms with Crippen molar-refractivity contribution in [1.29, 1.82) is 0 Å². The summed E-state index contributed by atoms with van der Waals surface area (Å²) in [4.78, 5) is 23.6. The Bertz CT molecular complexity index is 721. The maximum atomic E-state index is 12.2. The molecule has 0 aromatic heterocycles. The third kappa shape index (κ3) is 3.59. The summed E-state index contributed by atoms with van der Waals surface area (Å²) in [6.07, 6.45) is 0. The third-order valence-electron chi connectivity index (χ3n) is 2.99. The van der Waals surface area contributed by atoms with E-state index < -0.39 is 0 Å². The van der Waals surface area contributed by atoms with Crippen LogP contribution in [0.15, 0.2) is 36.4 Å². The van der Waals surface area contributed by atoms with Crippen LogP contribution in [0.1, 0.15) is 27.6 Å². The molecule has 0 heterocycles. The maximum absolute atomic E-state index is 12.2.